The quantitative estimate of drug-likeness (QED) is 0.863. The molecule has 7 heteroatoms. The summed E-state index contributed by atoms with van der Waals surface area (Å²) in [6.07, 6.45) is 4.56. The van der Waals surface area contributed by atoms with Crippen molar-refractivity contribution in [3.63, 3.8) is 0 Å². The van der Waals surface area contributed by atoms with Gasteiger partial charge in [-0.15, -0.1) is 0 Å². The molecule has 0 bridgehead atoms. The Morgan fingerprint density at radius 2 is 2.27 bits per heavy atom. The summed E-state index contributed by atoms with van der Waals surface area (Å²) in [5, 5.41) is 0.0760. The maximum absolute atomic E-state index is 13.3. The summed E-state index contributed by atoms with van der Waals surface area (Å²) in [7, 11) is 0. The van der Waals surface area contributed by atoms with E-state index < -0.39 is 11.5 Å². The molecule has 0 radical (unpaired) electrons. The van der Waals surface area contributed by atoms with Gasteiger partial charge < -0.3 is 9.88 Å². The first-order valence-corrected chi connectivity index (χ1v) is 7.62. The third kappa shape index (κ3) is 2.83. The second kappa shape index (κ2) is 6.04. The van der Waals surface area contributed by atoms with Gasteiger partial charge >= 0.3 is 0 Å². The van der Waals surface area contributed by atoms with E-state index in [9.17, 15) is 9.18 Å². The zero-order chi connectivity index (χ0) is 15.7. The molecule has 0 saturated carbocycles. The Kier molecular flexibility index (Phi) is 4.11. The predicted octanol–water partition coefficient (Wildman–Crippen LogP) is 3.00. The molecule has 1 N–H and O–H groups in total. The van der Waals surface area contributed by atoms with E-state index in [4.69, 9.17) is 11.6 Å². The van der Waals surface area contributed by atoms with Gasteiger partial charge in [0.1, 0.15) is 10.8 Å². The van der Waals surface area contributed by atoms with Crippen LogP contribution in [0, 0.1) is 5.95 Å². The summed E-state index contributed by atoms with van der Waals surface area (Å²) in [6, 6.07) is 3.09. The van der Waals surface area contributed by atoms with Crippen molar-refractivity contribution in [1.29, 1.82) is 0 Å². The zero-order valence-electron chi connectivity index (χ0n) is 12.1. The molecule has 0 spiro atoms. The van der Waals surface area contributed by atoms with Crippen LogP contribution in [-0.4, -0.2) is 27.5 Å². The van der Waals surface area contributed by atoms with Crippen molar-refractivity contribution in [1.82, 2.24) is 15.0 Å². The van der Waals surface area contributed by atoms with Crippen molar-refractivity contribution in [3.05, 3.63) is 39.7 Å². The highest BCUT2D eigenvalue weighted by Gasteiger charge is 2.24. The first-order chi connectivity index (χ1) is 10.6. The molecule has 3 heterocycles. The van der Waals surface area contributed by atoms with E-state index in [0.717, 1.165) is 25.8 Å². The topological polar surface area (TPSA) is 61.9 Å². The van der Waals surface area contributed by atoms with Crippen molar-refractivity contribution < 1.29 is 4.39 Å². The molecule has 3 rings (SSSR count). The van der Waals surface area contributed by atoms with Gasteiger partial charge in [0.15, 0.2) is 5.82 Å². The fourth-order valence-corrected chi connectivity index (χ4v) is 2.93. The van der Waals surface area contributed by atoms with Gasteiger partial charge in [-0.25, -0.2) is 9.97 Å². The van der Waals surface area contributed by atoms with E-state index >= 15 is 0 Å². The van der Waals surface area contributed by atoms with Gasteiger partial charge in [-0.05, 0) is 32.3 Å². The lowest BCUT2D eigenvalue weighted by atomic mass is 10.0. The molecule has 22 heavy (non-hydrogen) atoms. The summed E-state index contributed by atoms with van der Waals surface area (Å²) in [5.74, 6) is 0.135. The molecule has 1 aliphatic heterocycles. The lowest BCUT2D eigenvalue weighted by Crippen LogP contribution is -2.39. The second-order valence-electron chi connectivity index (χ2n) is 5.46. The van der Waals surface area contributed by atoms with Gasteiger partial charge in [0.25, 0.3) is 5.56 Å². The van der Waals surface area contributed by atoms with Gasteiger partial charge in [-0.2, -0.15) is 4.39 Å². The minimum atomic E-state index is -0.622. The number of piperidine rings is 1. The van der Waals surface area contributed by atoms with Crippen LogP contribution in [0.4, 0.5) is 10.2 Å². The van der Waals surface area contributed by atoms with E-state index in [1.54, 1.807) is 6.07 Å². The molecule has 2 aromatic heterocycles. The number of nitrogens with one attached hydrogen (secondary N) is 1. The molecule has 0 aliphatic carbocycles. The Morgan fingerprint density at radius 3 is 3.00 bits per heavy atom. The van der Waals surface area contributed by atoms with Gasteiger partial charge in [0.05, 0.1) is 0 Å². The fourth-order valence-electron chi connectivity index (χ4n) is 2.74. The molecule has 1 saturated heterocycles. The number of hydrogen-bond donors (Lipinski definition) is 1. The molecular formula is C15H16ClFN4O. The highest BCUT2D eigenvalue weighted by atomic mass is 35.5. The summed E-state index contributed by atoms with van der Waals surface area (Å²) in [4.78, 5) is 24.7. The Hall–Kier alpha value is -1.95. The van der Waals surface area contributed by atoms with Crippen LogP contribution in [0.2, 0.25) is 5.02 Å². The van der Waals surface area contributed by atoms with Crippen molar-refractivity contribution in [2.24, 2.45) is 0 Å². The smallest absolute Gasteiger partial charge is 0.272 e. The Morgan fingerprint density at radius 1 is 1.45 bits per heavy atom. The van der Waals surface area contributed by atoms with Gasteiger partial charge in [-0.3, -0.25) is 4.79 Å². The highest BCUT2D eigenvalue weighted by Crippen LogP contribution is 2.28. The third-order valence-electron chi connectivity index (χ3n) is 3.92. The van der Waals surface area contributed by atoms with E-state index in [0.29, 0.717) is 17.2 Å². The largest absolute Gasteiger partial charge is 0.352 e. The summed E-state index contributed by atoms with van der Waals surface area (Å²) in [6.45, 7) is 2.89. The lowest BCUT2D eigenvalue weighted by Gasteiger charge is -2.34. The standard InChI is InChI=1S/C15H16ClFN4O/c1-9-4-2-3-7-21(9)14-12(16)15(22)20-13(19-14)10-5-6-18-11(17)8-10/h5-6,8-9H,2-4,7H2,1H3,(H,19,20,22). The number of aromatic nitrogens is 3. The van der Waals surface area contributed by atoms with Crippen molar-refractivity contribution in [2.75, 3.05) is 11.4 Å². The molecule has 0 amide bonds. The normalized spacial score (nSPS) is 18.5. The number of hydrogen-bond acceptors (Lipinski definition) is 4. The van der Waals surface area contributed by atoms with Gasteiger partial charge in [0, 0.05) is 30.4 Å². The van der Waals surface area contributed by atoms with Crippen LogP contribution in [0.1, 0.15) is 26.2 Å². The Bertz CT molecular complexity index is 749. The summed E-state index contributed by atoms with van der Waals surface area (Å²) >= 11 is 6.15. The monoisotopic (exact) mass is 322 g/mol. The summed E-state index contributed by atoms with van der Waals surface area (Å²) in [5.41, 5.74) is 0.0452. The number of anilines is 1. The third-order valence-corrected chi connectivity index (χ3v) is 4.26. The maximum atomic E-state index is 13.3. The van der Waals surface area contributed by atoms with Crippen molar-refractivity contribution >= 4 is 17.4 Å². The molecule has 1 unspecified atom stereocenters. The van der Waals surface area contributed by atoms with Crippen LogP contribution in [0.3, 0.4) is 0 Å². The minimum absolute atomic E-state index is 0.0760. The first-order valence-electron chi connectivity index (χ1n) is 7.24. The minimum Gasteiger partial charge on any atom is -0.352 e. The predicted molar refractivity (Wildman–Crippen MR) is 83.7 cm³/mol. The highest BCUT2D eigenvalue weighted by molar-refractivity contribution is 6.32. The van der Waals surface area contributed by atoms with Crippen LogP contribution in [-0.2, 0) is 0 Å². The molecule has 5 nitrogen and oxygen atoms in total. The van der Waals surface area contributed by atoms with E-state index in [1.165, 1.54) is 12.3 Å². The molecule has 1 aliphatic rings. The first kappa shape index (κ1) is 15.0. The van der Waals surface area contributed by atoms with E-state index in [1.807, 2.05) is 4.90 Å². The lowest BCUT2D eigenvalue weighted by molar-refractivity contribution is 0.481. The molecule has 0 aromatic carbocycles. The number of rotatable bonds is 2. The number of aromatic amines is 1. The Labute approximate surface area is 132 Å². The number of nitrogens with zero attached hydrogens (tertiary/aromatic N) is 3. The van der Waals surface area contributed by atoms with Crippen molar-refractivity contribution in [3.8, 4) is 11.4 Å². The van der Waals surface area contributed by atoms with Crippen LogP contribution < -0.4 is 10.5 Å². The van der Waals surface area contributed by atoms with Crippen LogP contribution in [0.15, 0.2) is 23.1 Å². The maximum Gasteiger partial charge on any atom is 0.272 e. The fraction of sp³-hybridized carbons (Fsp3) is 0.400. The average Bonchev–Trinajstić information content (AvgIpc) is 2.51. The van der Waals surface area contributed by atoms with E-state index in [2.05, 4.69) is 21.9 Å². The zero-order valence-corrected chi connectivity index (χ0v) is 12.9. The molecule has 2 aromatic rings. The molecule has 1 atom stereocenters. The molecular weight excluding hydrogens is 307 g/mol. The van der Waals surface area contributed by atoms with Gasteiger partial charge in [0.2, 0.25) is 5.95 Å². The molecule has 1 fully saturated rings. The van der Waals surface area contributed by atoms with Crippen molar-refractivity contribution in [2.45, 2.75) is 32.2 Å². The average molecular weight is 323 g/mol. The van der Waals surface area contributed by atoms with Crippen LogP contribution in [0.25, 0.3) is 11.4 Å². The number of pyridine rings is 1. The van der Waals surface area contributed by atoms with Gasteiger partial charge in [-0.1, -0.05) is 11.6 Å². The summed E-state index contributed by atoms with van der Waals surface area (Å²) < 4.78 is 13.3. The second-order valence-corrected chi connectivity index (χ2v) is 5.84. The van der Waals surface area contributed by atoms with E-state index in [-0.39, 0.29) is 11.1 Å². The van der Waals surface area contributed by atoms with Crippen LogP contribution >= 0.6 is 11.6 Å². The SMILES string of the molecule is CC1CCCCN1c1nc(-c2ccnc(F)c2)[nH]c(=O)c1Cl. The molecule has 116 valence electrons. The number of halogens is 2. The van der Waals surface area contributed by atoms with Crippen LogP contribution in [0.5, 0.6) is 0 Å². The Balaban J connectivity index is 2.09. The number of H-pyrrole nitrogens is 1.